The van der Waals surface area contributed by atoms with Crippen LogP contribution in [0, 0.1) is 5.92 Å². The maximum atomic E-state index is 12.2. The fourth-order valence-corrected chi connectivity index (χ4v) is 5.15. The summed E-state index contributed by atoms with van der Waals surface area (Å²) >= 11 is 0. The zero-order valence-corrected chi connectivity index (χ0v) is 13.1. The van der Waals surface area contributed by atoms with Gasteiger partial charge in [0.25, 0.3) is 0 Å². The maximum absolute atomic E-state index is 12.2. The number of ether oxygens (including phenoxy) is 2. The van der Waals surface area contributed by atoms with Crippen molar-refractivity contribution in [1.29, 1.82) is 0 Å². The summed E-state index contributed by atoms with van der Waals surface area (Å²) in [6.07, 6.45) is 3.50. The van der Waals surface area contributed by atoms with Crippen LogP contribution in [0.25, 0.3) is 0 Å². The first-order valence-electron chi connectivity index (χ1n) is 7.90. The first kappa shape index (κ1) is 15.3. The molecule has 120 valence electrons. The van der Waals surface area contributed by atoms with Gasteiger partial charge in [-0.1, -0.05) is 13.8 Å². The molecule has 21 heavy (non-hydrogen) atoms. The number of carbonyl (C=O) groups is 1. The zero-order valence-electron chi connectivity index (χ0n) is 13.1. The van der Waals surface area contributed by atoms with Gasteiger partial charge in [-0.15, -0.1) is 0 Å². The Labute approximate surface area is 125 Å². The Balaban J connectivity index is 1.91. The summed E-state index contributed by atoms with van der Waals surface area (Å²) in [4.78, 5) is 12.2. The molecule has 0 aromatic heterocycles. The van der Waals surface area contributed by atoms with Crippen LogP contribution in [-0.4, -0.2) is 45.7 Å². The molecule has 3 unspecified atom stereocenters. The Kier molecular flexibility index (Phi) is 3.22. The molecule has 4 fully saturated rings. The molecule has 4 aliphatic carbocycles. The molecule has 3 atom stereocenters. The average Bonchev–Trinajstić information content (AvgIpc) is 2.32. The van der Waals surface area contributed by atoms with Crippen LogP contribution in [0.4, 0.5) is 0 Å². The van der Waals surface area contributed by atoms with E-state index in [1.54, 1.807) is 7.11 Å². The second-order valence-corrected chi connectivity index (χ2v) is 7.81. The van der Waals surface area contributed by atoms with Crippen LogP contribution in [-0.2, 0) is 14.3 Å². The average molecular weight is 298 g/mol. The van der Waals surface area contributed by atoms with Gasteiger partial charge in [-0.25, -0.2) is 0 Å². The van der Waals surface area contributed by atoms with Gasteiger partial charge in [-0.2, -0.15) is 0 Å². The van der Waals surface area contributed by atoms with Crippen molar-refractivity contribution in [3.05, 3.63) is 0 Å². The van der Waals surface area contributed by atoms with Crippen molar-refractivity contribution < 1.29 is 24.5 Å². The first-order valence-corrected chi connectivity index (χ1v) is 7.90. The van der Waals surface area contributed by atoms with Gasteiger partial charge in [0.05, 0.1) is 22.7 Å². The van der Waals surface area contributed by atoms with Crippen LogP contribution < -0.4 is 0 Å². The molecular weight excluding hydrogens is 272 g/mol. The Bertz CT molecular complexity index is 442. The van der Waals surface area contributed by atoms with E-state index in [0.717, 1.165) is 6.42 Å². The van der Waals surface area contributed by atoms with Crippen molar-refractivity contribution in [3.8, 4) is 0 Å². The summed E-state index contributed by atoms with van der Waals surface area (Å²) in [6.45, 7) is 3.79. The zero-order chi connectivity index (χ0) is 15.5. The molecule has 4 aliphatic rings. The normalized spacial score (nSPS) is 49.2. The molecule has 0 amide bonds. The van der Waals surface area contributed by atoms with Crippen LogP contribution in [0.15, 0.2) is 0 Å². The summed E-state index contributed by atoms with van der Waals surface area (Å²) in [5.74, 6) is -0.404. The van der Waals surface area contributed by atoms with Crippen LogP contribution in [0.1, 0.15) is 58.8 Å². The van der Waals surface area contributed by atoms with Crippen LogP contribution >= 0.6 is 0 Å². The number of rotatable bonds is 4. The fraction of sp³-hybridized carbons (Fsp3) is 0.938. The minimum Gasteiger partial charge on any atom is -0.459 e. The van der Waals surface area contributed by atoms with Gasteiger partial charge in [0, 0.05) is 45.6 Å². The number of aliphatic hydroxyl groups is 2. The van der Waals surface area contributed by atoms with E-state index >= 15 is 0 Å². The molecule has 0 aliphatic heterocycles. The molecule has 0 saturated heterocycles. The van der Waals surface area contributed by atoms with Crippen molar-refractivity contribution >= 4 is 5.97 Å². The van der Waals surface area contributed by atoms with Crippen molar-refractivity contribution in [2.75, 3.05) is 7.11 Å². The number of hydrogen-bond acceptors (Lipinski definition) is 5. The molecule has 0 heterocycles. The lowest BCUT2D eigenvalue weighted by atomic mass is 9.48. The fourth-order valence-electron chi connectivity index (χ4n) is 5.15. The molecule has 0 radical (unpaired) electrons. The van der Waals surface area contributed by atoms with Crippen LogP contribution in [0.2, 0.25) is 0 Å². The third kappa shape index (κ3) is 2.39. The molecule has 4 saturated carbocycles. The first-order chi connectivity index (χ1) is 9.67. The molecule has 0 spiro atoms. The molecule has 0 aromatic rings. The lowest BCUT2D eigenvalue weighted by Gasteiger charge is -2.66. The monoisotopic (exact) mass is 298 g/mol. The summed E-state index contributed by atoms with van der Waals surface area (Å²) in [5.41, 5.74) is -3.34. The largest absolute Gasteiger partial charge is 0.459 e. The van der Waals surface area contributed by atoms with E-state index in [1.807, 2.05) is 13.8 Å². The number of methoxy groups -OCH3 is 1. The standard InChI is InChI=1S/C16H26O5/c1-4-11(2)12(17)21-16-8-13(18)5-14(19,9-16)7-15(6-13,10-16)20-3/h11,18-19H,4-10H2,1-3H3. The smallest absolute Gasteiger partial charge is 0.309 e. The Hall–Kier alpha value is -0.650. The van der Waals surface area contributed by atoms with E-state index in [9.17, 15) is 15.0 Å². The third-order valence-electron chi connectivity index (χ3n) is 5.67. The highest BCUT2D eigenvalue weighted by atomic mass is 16.6. The van der Waals surface area contributed by atoms with Gasteiger partial charge in [-0.3, -0.25) is 4.79 Å². The quantitative estimate of drug-likeness (QED) is 0.770. The second kappa shape index (κ2) is 4.43. The van der Waals surface area contributed by atoms with Gasteiger partial charge in [0.15, 0.2) is 0 Å². The molecule has 4 rings (SSSR count). The summed E-state index contributed by atoms with van der Waals surface area (Å²) in [6, 6.07) is 0. The molecular formula is C16H26O5. The Morgan fingerprint density at radius 1 is 1.05 bits per heavy atom. The highest BCUT2D eigenvalue weighted by molar-refractivity contribution is 5.72. The van der Waals surface area contributed by atoms with E-state index in [1.165, 1.54) is 0 Å². The van der Waals surface area contributed by atoms with Crippen molar-refractivity contribution in [3.63, 3.8) is 0 Å². The molecule has 0 aromatic carbocycles. The molecule has 5 heteroatoms. The lowest BCUT2D eigenvalue weighted by Crippen LogP contribution is -2.73. The van der Waals surface area contributed by atoms with E-state index in [0.29, 0.717) is 38.5 Å². The van der Waals surface area contributed by atoms with Gasteiger partial charge in [0.2, 0.25) is 0 Å². The highest BCUT2D eigenvalue weighted by Gasteiger charge is 2.70. The van der Waals surface area contributed by atoms with Gasteiger partial charge < -0.3 is 19.7 Å². The third-order valence-corrected chi connectivity index (χ3v) is 5.67. The summed E-state index contributed by atoms with van der Waals surface area (Å²) < 4.78 is 11.5. The minimum atomic E-state index is -0.991. The SMILES string of the molecule is CCC(C)C(=O)OC12CC3(O)CC(O)(CC(OC)(C3)C1)C2. The number of hydrogen-bond donors (Lipinski definition) is 2. The maximum Gasteiger partial charge on any atom is 0.309 e. The van der Waals surface area contributed by atoms with Crippen molar-refractivity contribution in [2.24, 2.45) is 5.92 Å². The Morgan fingerprint density at radius 2 is 1.57 bits per heavy atom. The van der Waals surface area contributed by atoms with E-state index in [-0.39, 0.29) is 11.9 Å². The van der Waals surface area contributed by atoms with Gasteiger partial charge in [-0.05, 0) is 6.42 Å². The predicted molar refractivity (Wildman–Crippen MR) is 75.6 cm³/mol. The minimum absolute atomic E-state index is 0.166. The predicted octanol–water partition coefficient (Wildman–Crippen LogP) is 1.54. The van der Waals surface area contributed by atoms with E-state index in [2.05, 4.69) is 0 Å². The number of carbonyl (C=O) groups excluding carboxylic acids is 1. The highest BCUT2D eigenvalue weighted by Crippen LogP contribution is 2.63. The van der Waals surface area contributed by atoms with Crippen molar-refractivity contribution in [1.82, 2.24) is 0 Å². The Morgan fingerprint density at radius 3 is 2.05 bits per heavy atom. The summed E-state index contributed by atoms with van der Waals surface area (Å²) in [7, 11) is 1.62. The molecule has 2 N–H and O–H groups in total. The summed E-state index contributed by atoms with van der Waals surface area (Å²) in [5, 5.41) is 21.6. The molecule has 4 bridgehead atoms. The van der Waals surface area contributed by atoms with Gasteiger partial charge >= 0.3 is 5.97 Å². The molecule has 5 nitrogen and oxygen atoms in total. The number of esters is 1. The topological polar surface area (TPSA) is 76.0 Å². The van der Waals surface area contributed by atoms with Gasteiger partial charge in [0.1, 0.15) is 5.60 Å². The lowest BCUT2D eigenvalue weighted by molar-refractivity contribution is -0.307. The van der Waals surface area contributed by atoms with Crippen molar-refractivity contribution in [2.45, 2.75) is 81.2 Å². The second-order valence-electron chi connectivity index (χ2n) is 7.81. The van der Waals surface area contributed by atoms with E-state index < -0.39 is 22.4 Å². The van der Waals surface area contributed by atoms with E-state index in [4.69, 9.17) is 9.47 Å². The van der Waals surface area contributed by atoms with Crippen LogP contribution in [0.3, 0.4) is 0 Å². The van der Waals surface area contributed by atoms with Crippen LogP contribution in [0.5, 0.6) is 0 Å².